The number of rotatable bonds is 5. The Kier molecular flexibility index (Phi) is 4.87. The molecule has 0 radical (unpaired) electrons. The average molecular weight is 328 g/mol. The molecule has 6 nitrogen and oxygen atoms in total. The summed E-state index contributed by atoms with van der Waals surface area (Å²) >= 11 is 0. The molecule has 0 aromatic carbocycles. The van der Waals surface area contributed by atoms with Gasteiger partial charge in [0, 0.05) is 12.5 Å². The molecule has 0 atom stereocenters. The number of halogens is 3. The Hall–Kier alpha value is -2.58. The summed E-state index contributed by atoms with van der Waals surface area (Å²) in [6.45, 7) is 1.64. The summed E-state index contributed by atoms with van der Waals surface area (Å²) in [4.78, 5) is 15.6. The highest BCUT2D eigenvalue weighted by atomic mass is 19.4. The van der Waals surface area contributed by atoms with E-state index in [0.29, 0.717) is 22.8 Å². The molecule has 9 heteroatoms. The van der Waals surface area contributed by atoms with Gasteiger partial charge in [0.15, 0.2) is 0 Å². The second-order valence-electron chi connectivity index (χ2n) is 4.82. The maximum absolute atomic E-state index is 12.1. The van der Waals surface area contributed by atoms with Crippen LogP contribution in [0.25, 0.3) is 5.69 Å². The molecular formula is C14H15F3N4O2. The molecule has 0 unspecified atom stereocenters. The summed E-state index contributed by atoms with van der Waals surface area (Å²) < 4.78 is 42.9. The van der Waals surface area contributed by atoms with E-state index in [4.69, 9.17) is 4.74 Å². The maximum atomic E-state index is 12.1. The summed E-state index contributed by atoms with van der Waals surface area (Å²) in [6, 6.07) is 1.69. The van der Waals surface area contributed by atoms with Gasteiger partial charge in [-0.1, -0.05) is 0 Å². The number of methoxy groups -OCH3 is 1. The molecule has 0 saturated heterocycles. The molecule has 0 aliphatic carbocycles. The number of aryl methyl sites for hydroxylation is 1. The summed E-state index contributed by atoms with van der Waals surface area (Å²) in [6.07, 6.45) is -1.56. The third-order valence-electron chi connectivity index (χ3n) is 3.01. The first-order valence-corrected chi connectivity index (χ1v) is 6.71. The molecule has 2 aromatic heterocycles. The van der Waals surface area contributed by atoms with Gasteiger partial charge >= 0.3 is 6.18 Å². The van der Waals surface area contributed by atoms with Gasteiger partial charge in [0.05, 0.1) is 49.2 Å². The van der Waals surface area contributed by atoms with Gasteiger partial charge in [-0.25, -0.2) is 4.68 Å². The van der Waals surface area contributed by atoms with Crippen molar-refractivity contribution < 1.29 is 22.7 Å². The minimum atomic E-state index is -4.36. The maximum Gasteiger partial charge on any atom is 0.389 e. The molecular weight excluding hydrogens is 313 g/mol. The van der Waals surface area contributed by atoms with Crippen LogP contribution in [0.5, 0.6) is 5.75 Å². The second-order valence-corrected chi connectivity index (χ2v) is 4.82. The minimum Gasteiger partial charge on any atom is -0.495 e. The number of pyridine rings is 1. The number of nitrogens with one attached hydrogen (secondary N) is 1. The number of ether oxygens (including phenoxy) is 1. The Labute approximate surface area is 130 Å². The van der Waals surface area contributed by atoms with Crippen LogP contribution in [-0.2, 0) is 4.79 Å². The van der Waals surface area contributed by atoms with E-state index < -0.39 is 24.9 Å². The largest absolute Gasteiger partial charge is 0.495 e. The Bertz CT molecular complexity index is 698. The van der Waals surface area contributed by atoms with Gasteiger partial charge in [-0.3, -0.25) is 9.78 Å². The van der Waals surface area contributed by atoms with Crippen molar-refractivity contribution in [3.05, 3.63) is 30.4 Å². The molecule has 2 heterocycles. The van der Waals surface area contributed by atoms with E-state index in [1.54, 1.807) is 19.2 Å². The van der Waals surface area contributed by atoms with Gasteiger partial charge in [0.1, 0.15) is 5.75 Å². The summed E-state index contributed by atoms with van der Waals surface area (Å²) in [5.41, 5.74) is 1.43. The molecule has 0 aliphatic heterocycles. The zero-order valence-electron chi connectivity index (χ0n) is 12.5. The fraction of sp³-hybridized carbons (Fsp3) is 0.357. The highest BCUT2D eigenvalue weighted by Crippen LogP contribution is 2.23. The monoisotopic (exact) mass is 328 g/mol. The second kappa shape index (κ2) is 6.67. The van der Waals surface area contributed by atoms with Gasteiger partial charge in [-0.05, 0) is 6.92 Å². The Balaban J connectivity index is 2.10. The van der Waals surface area contributed by atoms with Crippen LogP contribution in [0.1, 0.15) is 18.5 Å². The highest BCUT2D eigenvalue weighted by molar-refractivity contribution is 5.91. The van der Waals surface area contributed by atoms with Gasteiger partial charge < -0.3 is 10.1 Å². The predicted molar refractivity (Wildman–Crippen MR) is 76.6 cm³/mol. The molecule has 2 rings (SSSR count). The van der Waals surface area contributed by atoms with Crippen molar-refractivity contribution in [3.63, 3.8) is 0 Å². The van der Waals surface area contributed by atoms with Crippen LogP contribution in [0.4, 0.5) is 18.9 Å². The van der Waals surface area contributed by atoms with Crippen molar-refractivity contribution in [2.75, 3.05) is 12.4 Å². The Morgan fingerprint density at radius 1 is 1.39 bits per heavy atom. The van der Waals surface area contributed by atoms with Crippen LogP contribution in [0.2, 0.25) is 0 Å². The molecule has 0 aliphatic rings. The number of hydrogen-bond acceptors (Lipinski definition) is 4. The fourth-order valence-corrected chi connectivity index (χ4v) is 1.83. The molecule has 1 amide bonds. The molecule has 124 valence electrons. The van der Waals surface area contributed by atoms with Crippen molar-refractivity contribution in [1.82, 2.24) is 14.8 Å². The minimum absolute atomic E-state index is 0.347. The van der Waals surface area contributed by atoms with Gasteiger partial charge in [0.25, 0.3) is 0 Å². The van der Waals surface area contributed by atoms with Crippen LogP contribution in [0.15, 0.2) is 24.7 Å². The zero-order valence-corrected chi connectivity index (χ0v) is 12.5. The molecule has 1 N–H and O–H groups in total. The van der Waals surface area contributed by atoms with E-state index in [9.17, 15) is 18.0 Å². The van der Waals surface area contributed by atoms with E-state index in [1.807, 2.05) is 0 Å². The van der Waals surface area contributed by atoms with Gasteiger partial charge in [-0.2, -0.15) is 18.3 Å². The number of carbonyl (C=O) groups excluding carboxylic acids is 1. The third-order valence-corrected chi connectivity index (χ3v) is 3.01. The highest BCUT2D eigenvalue weighted by Gasteiger charge is 2.28. The fourth-order valence-electron chi connectivity index (χ4n) is 1.83. The lowest BCUT2D eigenvalue weighted by atomic mass is 10.3. The standard InChI is InChI=1S/C14H15F3N4O2/c1-9-12(19-13(22)3-4-14(15,16)17)8-21(20-9)10-5-11(23-2)7-18-6-10/h5-8H,3-4H2,1-2H3,(H,19,22). The first-order valence-electron chi connectivity index (χ1n) is 6.71. The lowest BCUT2D eigenvalue weighted by Crippen LogP contribution is -2.16. The molecule has 0 fully saturated rings. The third kappa shape index (κ3) is 4.70. The Morgan fingerprint density at radius 2 is 2.13 bits per heavy atom. The summed E-state index contributed by atoms with van der Waals surface area (Å²) in [5, 5.41) is 6.63. The summed E-state index contributed by atoms with van der Waals surface area (Å²) in [5.74, 6) is -0.180. The van der Waals surface area contributed by atoms with E-state index >= 15 is 0 Å². The van der Waals surface area contributed by atoms with Crippen LogP contribution < -0.4 is 10.1 Å². The van der Waals surface area contributed by atoms with Crippen LogP contribution in [0, 0.1) is 6.92 Å². The van der Waals surface area contributed by atoms with E-state index in [2.05, 4.69) is 15.4 Å². The van der Waals surface area contributed by atoms with E-state index in [1.165, 1.54) is 24.2 Å². The number of hydrogen-bond donors (Lipinski definition) is 1. The number of nitrogens with zero attached hydrogens (tertiary/aromatic N) is 3. The number of anilines is 1. The topological polar surface area (TPSA) is 69.0 Å². The van der Waals surface area contributed by atoms with Gasteiger partial charge in [-0.15, -0.1) is 0 Å². The van der Waals surface area contributed by atoms with Crippen LogP contribution >= 0.6 is 0 Å². The van der Waals surface area contributed by atoms with E-state index in [0.717, 1.165) is 0 Å². The normalized spacial score (nSPS) is 11.3. The van der Waals surface area contributed by atoms with Crippen LogP contribution in [-0.4, -0.2) is 34.0 Å². The lowest BCUT2D eigenvalue weighted by Gasteiger charge is -2.06. The van der Waals surface area contributed by atoms with Crippen LogP contribution in [0.3, 0.4) is 0 Å². The molecule has 2 aromatic rings. The van der Waals surface area contributed by atoms with Crippen molar-refractivity contribution >= 4 is 11.6 Å². The first kappa shape index (κ1) is 16.8. The first-order chi connectivity index (χ1) is 10.8. The zero-order chi connectivity index (χ0) is 17.0. The number of amides is 1. The van der Waals surface area contributed by atoms with Crippen molar-refractivity contribution in [2.24, 2.45) is 0 Å². The summed E-state index contributed by atoms with van der Waals surface area (Å²) in [7, 11) is 1.50. The van der Waals surface area contributed by atoms with Crippen molar-refractivity contribution in [3.8, 4) is 11.4 Å². The number of aromatic nitrogens is 3. The SMILES string of the molecule is COc1cncc(-n2cc(NC(=O)CCC(F)(F)F)c(C)n2)c1. The molecule has 23 heavy (non-hydrogen) atoms. The lowest BCUT2D eigenvalue weighted by molar-refractivity contribution is -0.142. The smallest absolute Gasteiger partial charge is 0.389 e. The molecule has 0 saturated carbocycles. The molecule has 0 bridgehead atoms. The number of carbonyl (C=O) groups is 1. The average Bonchev–Trinajstić information content (AvgIpc) is 2.86. The Morgan fingerprint density at radius 3 is 2.78 bits per heavy atom. The quantitative estimate of drug-likeness (QED) is 0.916. The molecule has 0 spiro atoms. The predicted octanol–water partition coefficient (Wildman–Crippen LogP) is 2.87. The van der Waals surface area contributed by atoms with E-state index in [-0.39, 0.29) is 0 Å². The number of alkyl halides is 3. The van der Waals surface area contributed by atoms with Crippen molar-refractivity contribution in [1.29, 1.82) is 0 Å². The van der Waals surface area contributed by atoms with Gasteiger partial charge in [0.2, 0.25) is 5.91 Å². The van der Waals surface area contributed by atoms with Crippen molar-refractivity contribution in [2.45, 2.75) is 25.9 Å².